The Labute approximate surface area is 122 Å². The van der Waals surface area contributed by atoms with E-state index in [1.165, 1.54) is 6.33 Å². The zero-order valence-corrected chi connectivity index (χ0v) is 12.7. The molecule has 0 bridgehead atoms. The Morgan fingerprint density at radius 1 is 1.45 bits per heavy atom. The number of carbonyl (C=O) groups is 1. The van der Waals surface area contributed by atoms with E-state index in [-0.39, 0.29) is 5.41 Å². The Kier molecular flexibility index (Phi) is 4.23. The third kappa shape index (κ3) is 3.66. The summed E-state index contributed by atoms with van der Waals surface area (Å²) in [5.74, 6) is -0.492. The lowest BCUT2D eigenvalue weighted by Crippen LogP contribution is -2.27. The summed E-state index contributed by atoms with van der Waals surface area (Å²) < 4.78 is 0.965. The molecule has 0 fully saturated rings. The van der Waals surface area contributed by atoms with Gasteiger partial charge in [-0.2, -0.15) is 0 Å². The molecule has 1 atom stereocenters. The summed E-state index contributed by atoms with van der Waals surface area (Å²) in [6, 6.07) is 1.93. The largest absolute Gasteiger partial charge is 0.481 e. The van der Waals surface area contributed by atoms with Gasteiger partial charge in [0.05, 0.1) is 16.1 Å². The first-order chi connectivity index (χ1) is 9.37. The number of hydrogen-bond donors (Lipinski definition) is 2. The lowest BCUT2D eigenvalue weighted by Gasteiger charge is -2.23. The lowest BCUT2D eigenvalue weighted by molar-refractivity contribution is -0.142. The van der Waals surface area contributed by atoms with Gasteiger partial charge in [0.15, 0.2) is 0 Å². The van der Waals surface area contributed by atoms with Crippen molar-refractivity contribution in [3.63, 3.8) is 0 Å². The summed E-state index contributed by atoms with van der Waals surface area (Å²) in [5, 5.41) is 14.4. The molecule has 0 aliphatic heterocycles. The highest BCUT2D eigenvalue weighted by molar-refractivity contribution is 7.17. The Morgan fingerprint density at radius 3 is 2.85 bits per heavy atom. The van der Waals surface area contributed by atoms with Crippen LogP contribution in [0.25, 0.3) is 10.2 Å². The topological polar surface area (TPSA) is 75.1 Å². The highest BCUT2D eigenvalue weighted by Gasteiger charge is 2.24. The van der Waals surface area contributed by atoms with Crippen molar-refractivity contribution in [2.24, 2.45) is 11.3 Å². The first-order valence-electron chi connectivity index (χ1n) is 6.52. The van der Waals surface area contributed by atoms with Gasteiger partial charge in [-0.05, 0) is 23.3 Å². The normalized spacial score (nSPS) is 13.3. The minimum atomic E-state index is -0.774. The van der Waals surface area contributed by atoms with Crippen molar-refractivity contribution in [3.8, 4) is 0 Å². The van der Waals surface area contributed by atoms with Crippen LogP contribution in [0.5, 0.6) is 0 Å². The van der Waals surface area contributed by atoms with Crippen LogP contribution in [0.1, 0.15) is 27.2 Å². The van der Waals surface area contributed by atoms with E-state index in [1.54, 1.807) is 11.3 Å². The number of fused-ring (bicyclic) bond motifs is 1. The first kappa shape index (κ1) is 14.7. The van der Waals surface area contributed by atoms with E-state index in [1.807, 2.05) is 32.2 Å². The molecule has 2 rings (SSSR count). The van der Waals surface area contributed by atoms with Gasteiger partial charge in [0.2, 0.25) is 0 Å². The second-order valence-corrected chi connectivity index (χ2v) is 6.95. The van der Waals surface area contributed by atoms with Crippen molar-refractivity contribution in [2.45, 2.75) is 27.2 Å². The van der Waals surface area contributed by atoms with Crippen LogP contribution in [0.4, 0.5) is 5.82 Å². The minimum Gasteiger partial charge on any atom is -0.481 e. The van der Waals surface area contributed by atoms with Crippen LogP contribution >= 0.6 is 11.3 Å². The fraction of sp³-hybridized carbons (Fsp3) is 0.500. The van der Waals surface area contributed by atoms with Crippen molar-refractivity contribution >= 4 is 33.3 Å². The summed E-state index contributed by atoms with van der Waals surface area (Å²) >= 11 is 1.55. The molecule has 20 heavy (non-hydrogen) atoms. The summed E-state index contributed by atoms with van der Waals surface area (Å²) in [4.78, 5) is 19.7. The SMILES string of the molecule is CC(C)(C)CC(CNc1ncnc2ccsc12)C(=O)O. The number of anilines is 1. The van der Waals surface area contributed by atoms with E-state index in [9.17, 15) is 9.90 Å². The molecule has 0 saturated heterocycles. The van der Waals surface area contributed by atoms with Gasteiger partial charge in [0, 0.05) is 6.54 Å². The number of nitrogens with zero attached hydrogens (tertiary/aromatic N) is 2. The van der Waals surface area contributed by atoms with Gasteiger partial charge >= 0.3 is 5.97 Å². The molecular formula is C14H19N3O2S. The number of nitrogens with one attached hydrogen (secondary N) is 1. The van der Waals surface area contributed by atoms with Gasteiger partial charge < -0.3 is 10.4 Å². The lowest BCUT2D eigenvalue weighted by atomic mass is 9.84. The Bertz CT molecular complexity index is 604. The van der Waals surface area contributed by atoms with Gasteiger partial charge in [0.1, 0.15) is 12.1 Å². The number of hydrogen-bond acceptors (Lipinski definition) is 5. The zero-order chi connectivity index (χ0) is 14.8. The molecule has 0 radical (unpaired) electrons. The average molecular weight is 293 g/mol. The molecule has 2 aromatic rings. The number of aliphatic carboxylic acids is 1. The predicted molar refractivity (Wildman–Crippen MR) is 81.1 cm³/mol. The van der Waals surface area contributed by atoms with Crippen LogP contribution in [0.3, 0.4) is 0 Å². The second-order valence-electron chi connectivity index (χ2n) is 6.04. The predicted octanol–water partition coefficient (Wildman–Crippen LogP) is 3.24. The average Bonchev–Trinajstić information content (AvgIpc) is 2.81. The molecule has 1 unspecified atom stereocenters. The summed E-state index contributed by atoms with van der Waals surface area (Å²) in [6.07, 6.45) is 2.12. The van der Waals surface area contributed by atoms with Crippen molar-refractivity contribution in [1.29, 1.82) is 0 Å². The quantitative estimate of drug-likeness (QED) is 0.885. The molecule has 2 aromatic heterocycles. The van der Waals surface area contributed by atoms with Crippen molar-refractivity contribution in [2.75, 3.05) is 11.9 Å². The molecule has 2 N–H and O–H groups in total. The molecule has 108 valence electrons. The molecule has 0 aliphatic carbocycles. The van der Waals surface area contributed by atoms with Gasteiger partial charge in [-0.15, -0.1) is 11.3 Å². The molecule has 0 aromatic carbocycles. The number of thiophene rings is 1. The smallest absolute Gasteiger partial charge is 0.308 e. The van der Waals surface area contributed by atoms with E-state index in [4.69, 9.17) is 0 Å². The van der Waals surface area contributed by atoms with Crippen LogP contribution in [0, 0.1) is 11.3 Å². The van der Waals surface area contributed by atoms with Gasteiger partial charge in [-0.1, -0.05) is 20.8 Å². The van der Waals surface area contributed by atoms with Crippen molar-refractivity contribution in [1.82, 2.24) is 9.97 Å². The van der Waals surface area contributed by atoms with Crippen LogP contribution in [0.15, 0.2) is 17.8 Å². The van der Waals surface area contributed by atoms with E-state index >= 15 is 0 Å². The molecule has 0 amide bonds. The fourth-order valence-corrected chi connectivity index (χ4v) is 2.93. The molecule has 0 saturated carbocycles. The molecule has 5 nitrogen and oxygen atoms in total. The molecule has 0 aliphatic rings. The highest BCUT2D eigenvalue weighted by atomic mass is 32.1. The molecule has 6 heteroatoms. The fourth-order valence-electron chi connectivity index (χ4n) is 2.12. The third-order valence-corrected chi connectivity index (χ3v) is 3.88. The Morgan fingerprint density at radius 2 is 2.20 bits per heavy atom. The van der Waals surface area contributed by atoms with Crippen LogP contribution in [-0.2, 0) is 4.79 Å². The van der Waals surface area contributed by atoms with Crippen molar-refractivity contribution in [3.05, 3.63) is 17.8 Å². The molecule has 2 heterocycles. The maximum atomic E-state index is 11.3. The first-order valence-corrected chi connectivity index (χ1v) is 7.40. The second kappa shape index (κ2) is 5.75. The van der Waals surface area contributed by atoms with Crippen LogP contribution < -0.4 is 5.32 Å². The Hall–Kier alpha value is -1.69. The van der Waals surface area contributed by atoms with Gasteiger partial charge in [0.25, 0.3) is 0 Å². The molecule has 0 spiro atoms. The maximum absolute atomic E-state index is 11.3. The Balaban J connectivity index is 2.09. The number of aromatic nitrogens is 2. The standard InChI is InChI=1S/C14H19N3O2S/c1-14(2,3)6-9(13(18)19)7-15-12-11-10(4-5-20-11)16-8-17-12/h4-5,8-9H,6-7H2,1-3H3,(H,18,19)(H,15,16,17). The van der Waals surface area contributed by atoms with Gasteiger partial charge in [-0.25, -0.2) is 9.97 Å². The highest BCUT2D eigenvalue weighted by Crippen LogP contribution is 2.27. The van der Waals surface area contributed by atoms with Crippen LogP contribution in [-0.4, -0.2) is 27.6 Å². The maximum Gasteiger partial charge on any atom is 0.308 e. The monoisotopic (exact) mass is 293 g/mol. The zero-order valence-electron chi connectivity index (χ0n) is 11.9. The number of carboxylic acids is 1. The third-order valence-electron chi connectivity index (χ3n) is 2.97. The summed E-state index contributed by atoms with van der Waals surface area (Å²) in [7, 11) is 0. The van der Waals surface area contributed by atoms with Gasteiger partial charge in [-0.3, -0.25) is 4.79 Å². The van der Waals surface area contributed by atoms with E-state index in [0.717, 1.165) is 10.2 Å². The number of carboxylic acid groups (broad SMARTS) is 1. The van der Waals surface area contributed by atoms with E-state index in [0.29, 0.717) is 18.8 Å². The minimum absolute atomic E-state index is 0.0192. The summed E-state index contributed by atoms with van der Waals surface area (Å²) in [5.41, 5.74) is 0.865. The van der Waals surface area contributed by atoms with Crippen LogP contribution in [0.2, 0.25) is 0 Å². The molecular weight excluding hydrogens is 274 g/mol. The van der Waals surface area contributed by atoms with E-state index in [2.05, 4.69) is 15.3 Å². The summed E-state index contributed by atoms with van der Waals surface area (Å²) in [6.45, 7) is 6.51. The number of rotatable bonds is 5. The van der Waals surface area contributed by atoms with E-state index < -0.39 is 11.9 Å². The van der Waals surface area contributed by atoms with Crippen molar-refractivity contribution < 1.29 is 9.90 Å².